The first-order valence-electron chi connectivity index (χ1n) is 9.54. The fourth-order valence-electron chi connectivity index (χ4n) is 3.63. The number of hydrogen-bond acceptors (Lipinski definition) is 8. The minimum absolute atomic E-state index is 0.0581. The number of fused-ring (bicyclic) bond motifs is 1. The van der Waals surface area contributed by atoms with Crippen LogP contribution >= 0.6 is 0 Å². The average Bonchev–Trinajstić information content (AvgIpc) is 3.07. The van der Waals surface area contributed by atoms with Crippen LogP contribution in [0.3, 0.4) is 0 Å². The van der Waals surface area contributed by atoms with Crippen molar-refractivity contribution in [3.8, 4) is 0 Å². The number of amides is 1. The molecule has 152 valence electrons. The third-order valence-corrected chi connectivity index (χ3v) is 5.04. The number of carbonyl (C=O) groups is 1. The number of anilines is 3. The Bertz CT molecular complexity index is 1090. The molecule has 1 aromatic heterocycles. The monoisotopic (exact) mass is 404 g/mol. The van der Waals surface area contributed by atoms with Crippen LogP contribution in [0, 0.1) is 0 Å². The highest BCUT2D eigenvalue weighted by Gasteiger charge is 2.30. The fourth-order valence-corrected chi connectivity index (χ4v) is 3.63. The zero-order valence-corrected chi connectivity index (χ0v) is 16.4. The molecule has 4 rings (SSSR count). The topological polar surface area (TPSA) is 137 Å². The number of hydrogen-bond donors (Lipinski definition) is 4. The van der Waals surface area contributed by atoms with Crippen LogP contribution in [0.1, 0.15) is 28.5 Å². The summed E-state index contributed by atoms with van der Waals surface area (Å²) in [6.07, 6.45) is 0.857. The first kappa shape index (κ1) is 19.8. The smallest absolute Gasteiger partial charge is 0.423 e. The van der Waals surface area contributed by atoms with E-state index in [9.17, 15) is 14.8 Å². The van der Waals surface area contributed by atoms with E-state index < -0.39 is 13.0 Å². The Balaban J connectivity index is 1.64. The van der Waals surface area contributed by atoms with E-state index in [0.29, 0.717) is 11.4 Å². The van der Waals surface area contributed by atoms with E-state index >= 15 is 0 Å². The minimum Gasteiger partial charge on any atom is -0.423 e. The van der Waals surface area contributed by atoms with Gasteiger partial charge in [0.2, 0.25) is 0 Å². The van der Waals surface area contributed by atoms with Gasteiger partial charge in [-0.25, -0.2) is 0 Å². The van der Waals surface area contributed by atoms with Gasteiger partial charge >= 0.3 is 7.12 Å². The van der Waals surface area contributed by atoms with Crippen molar-refractivity contribution in [2.45, 2.75) is 25.9 Å². The van der Waals surface area contributed by atoms with Crippen molar-refractivity contribution in [2.24, 2.45) is 5.73 Å². The summed E-state index contributed by atoms with van der Waals surface area (Å²) in [6.45, 7) is 2.36. The molecular formula is C20H21BN6O3. The van der Waals surface area contributed by atoms with Crippen LogP contribution in [0.4, 0.5) is 17.5 Å². The first-order chi connectivity index (χ1) is 14.4. The van der Waals surface area contributed by atoms with Gasteiger partial charge in [-0.1, -0.05) is 42.5 Å². The Kier molecular flexibility index (Phi) is 5.34. The van der Waals surface area contributed by atoms with E-state index in [2.05, 4.69) is 33.5 Å². The van der Waals surface area contributed by atoms with Crippen molar-refractivity contribution in [3.63, 3.8) is 0 Å². The molecule has 30 heavy (non-hydrogen) atoms. The minimum atomic E-state index is -1.56. The second-order valence-corrected chi connectivity index (χ2v) is 7.20. The number of nitrogens with zero attached hydrogens (tertiary/aromatic N) is 4. The molecule has 2 aromatic carbocycles. The summed E-state index contributed by atoms with van der Waals surface area (Å²) in [5.41, 5.74) is 8.74. The van der Waals surface area contributed by atoms with Crippen LogP contribution in [-0.4, -0.2) is 44.3 Å². The SMILES string of the molecule is CC1Cc2ccccc2N1c1nnc(C(N)=O)c(NCc2cccc(B(O)O)c2)n1. The lowest BCUT2D eigenvalue weighted by atomic mass is 9.80. The molecule has 1 unspecified atom stereocenters. The van der Waals surface area contributed by atoms with E-state index in [1.807, 2.05) is 29.2 Å². The average molecular weight is 404 g/mol. The lowest BCUT2D eigenvalue weighted by Crippen LogP contribution is -2.30. The number of rotatable bonds is 6. The van der Waals surface area contributed by atoms with Gasteiger partial charge in [0, 0.05) is 18.3 Å². The van der Waals surface area contributed by atoms with Gasteiger partial charge in [0.1, 0.15) is 0 Å². The second kappa shape index (κ2) is 8.09. The predicted molar refractivity (Wildman–Crippen MR) is 114 cm³/mol. The van der Waals surface area contributed by atoms with Gasteiger partial charge in [0.05, 0.1) is 0 Å². The molecule has 0 fully saturated rings. The number of aromatic nitrogens is 3. The molecule has 0 saturated carbocycles. The van der Waals surface area contributed by atoms with E-state index in [-0.39, 0.29) is 24.1 Å². The van der Waals surface area contributed by atoms with Crippen molar-refractivity contribution in [2.75, 3.05) is 10.2 Å². The Morgan fingerprint density at radius 1 is 1.23 bits per heavy atom. The number of para-hydroxylation sites is 1. The molecule has 1 aliphatic heterocycles. The highest BCUT2D eigenvalue weighted by Crippen LogP contribution is 2.36. The molecule has 1 aliphatic rings. The number of benzene rings is 2. The molecule has 1 amide bonds. The van der Waals surface area contributed by atoms with E-state index in [1.165, 1.54) is 5.56 Å². The van der Waals surface area contributed by atoms with Gasteiger partial charge in [-0.3, -0.25) is 4.79 Å². The molecule has 5 N–H and O–H groups in total. The maximum atomic E-state index is 11.8. The van der Waals surface area contributed by atoms with Gasteiger partial charge in [-0.2, -0.15) is 4.98 Å². The van der Waals surface area contributed by atoms with Crippen LogP contribution in [0.5, 0.6) is 0 Å². The Labute approximate surface area is 173 Å². The molecule has 0 aliphatic carbocycles. The zero-order chi connectivity index (χ0) is 21.3. The number of nitrogens with two attached hydrogens (primary N) is 1. The molecule has 2 heterocycles. The lowest BCUT2D eigenvalue weighted by molar-refractivity contribution is 0.0995. The zero-order valence-electron chi connectivity index (χ0n) is 16.4. The molecule has 0 spiro atoms. The van der Waals surface area contributed by atoms with Gasteiger partial charge in [-0.05, 0) is 36.0 Å². The second-order valence-electron chi connectivity index (χ2n) is 7.20. The number of carbonyl (C=O) groups excluding carboxylic acids is 1. The van der Waals surface area contributed by atoms with Crippen molar-refractivity contribution in [1.29, 1.82) is 0 Å². The van der Waals surface area contributed by atoms with Crippen molar-refractivity contribution >= 4 is 35.9 Å². The van der Waals surface area contributed by atoms with Crippen LogP contribution in [-0.2, 0) is 13.0 Å². The summed E-state index contributed by atoms with van der Waals surface area (Å²) in [5.74, 6) is -0.142. The lowest BCUT2D eigenvalue weighted by Gasteiger charge is -2.22. The van der Waals surface area contributed by atoms with E-state index in [4.69, 9.17) is 5.73 Å². The van der Waals surface area contributed by atoms with Gasteiger partial charge in [0.15, 0.2) is 11.5 Å². The van der Waals surface area contributed by atoms with E-state index in [0.717, 1.165) is 17.7 Å². The first-order valence-corrected chi connectivity index (χ1v) is 9.54. The van der Waals surface area contributed by atoms with Crippen LogP contribution < -0.4 is 21.4 Å². The fraction of sp³-hybridized carbons (Fsp3) is 0.200. The molecule has 0 bridgehead atoms. The highest BCUT2D eigenvalue weighted by atomic mass is 16.4. The third-order valence-electron chi connectivity index (χ3n) is 5.04. The molecule has 0 radical (unpaired) electrons. The standard InChI is InChI=1S/C20H21BN6O3/c1-12-9-14-6-2-3-8-16(14)27(12)20-24-19(17(18(22)28)25-26-20)23-11-13-5-4-7-15(10-13)21(29)30/h2-8,10,12,29-30H,9,11H2,1H3,(H2,22,28)(H,23,24,26). The number of nitrogens with one attached hydrogen (secondary N) is 1. The van der Waals surface area contributed by atoms with Crippen LogP contribution in [0.15, 0.2) is 48.5 Å². The van der Waals surface area contributed by atoms with Crippen LogP contribution in [0.25, 0.3) is 0 Å². The molecule has 3 aromatic rings. The van der Waals surface area contributed by atoms with Crippen molar-refractivity contribution in [1.82, 2.24) is 15.2 Å². The Morgan fingerprint density at radius 3 is 2.80 bits per heavy atom. The summed E-state index contributed by atoms with van der Waals surface area (Å²) < 4.78 is 0. The maximum Gasteiger partial charge on any atom is 0.488 e. The third kappa shape index (κ3) is 3.82. The summed E-state index contributed by atoms with van der Waals surface area (Å²) in [4.78, 5) is 18.4. The summed E-state index contributed by atoms with van der Waals surface area (Å²) in [5, 5.41) is 29.9. The van der Waals surface area contributed by atoms with Gasteiger partial charge < -0.3 is 26.0 Å². The molecular weight excluding hydrogens is 383 g/mol. The Morgan fingerprint density at radius 2 is 2.03 bits per heavy atom. The van der Waals surface area contributed by atoms with Gasteiger partial charge in [0.25, 0.3) is 11.9 Å². The summed E-state index contributed by atoms with van der Waals surface area (Å²) in [7, 11) is -1.56. The van der Waals surface area contributed by atoms with Crippen molar-refractivity contribution in [3.05, 3.63) is 65.4 Å². The molecule has 9 nitrogen and oxygen atoms in total. The summed E-state index contributed by atoms with van der Waals surface area (Å²) in [6, 6.07) is 15.0. The van der Waals surface area contributed by atoms with Crippen LogP contribution in [0.2, 0.25) is 0 Å². The quantitative estimate of drug-likeness (QED) is 0.432. The van der Waals surface area contributed by atoms with E-state index in [1.54, 1.807) is 18.2 Å². The highest BCUT2D eigenvalue weighted by molar-refractivity contribution is 6.58. The summed E-state index contributed by atoms with van der Waals surface area (Å²) >= 11 is 0. The largest absolute Gasteiger partial charge is 0.488 e. The predicted octanol–water partition coefficient (Wildman–Crippen LogP) is 0.345. The molecule has 1 atom stereocenters. The number of primary amides is 1. The molecule has 10 heteroatoms. The maximum absolute atomic E-state index is 11.8. The molecule has 0 saturated heterocycles. The van der Waals surface area contributed by atoms with Gasteiger partial charge in [-0.15, -0.1) is 10.2 Å². The Hall–Kier alpha value is -3.50. The van der Waals surface area contributed by atoms with Crippen molar-refractivity contribution < 1.29 is 14.8 Å². The normalized spacial score (nSPS) is 15.0.